The van der Waals surface area contributed by atoms with E-state index in [1.165, 1.54) is 11.8 Å². The van der Waals surface area contributed by atoms with Crippen molar-refractivity contribution in [1.29, 1.82) is 0 Å². The summed E-state index contributed by atoms with van der Waals surface area (Å²) in [5.74, 6) is 2.33. The Morgan fingerprint density at radius 3 is 2.48 bits per heavy atom. The molecular weight excluding hydrogens is 480 g/mol. The predicted molar refractivity (Wildman–Crippen MR) is 121 cm³/mol. The van der Waals surface area contributed by atoms with Gasteiger partial charge in [0.25, 0.3) is 0 Å². The van der Waals surface area contributed by atoms with Gasteiger partial charge in [-0.3, -0.25) is 4.57 Å². The fraction of sp³-hybridized carbons (Fsp3) is 0.238. The molecule has 8 nitrogen and oxygen atoms in total. The van der Waals surface area contributed by atoms with Crippen molar-refractivity contribution >= 4 is 33.6 Å². The van der Waals surface area contributed by atoms with E-state index in [0.29, 0.717) is 30.7 Å². The standard InChI is InChI=1S/C21H19BrN6O2S/c22-17-9-5-4-8-16(17)19-24-23-18(30-19)14-31-21-26-25-20(27-10-12-29-13-11-27)28(21)15-6-2-1-3-7-15/h1-9H,10-14H2. The van der Waals surface area contributed by atoms with Gasteiger partial charge in [0.15, 0.2) is 5.16 Å². The van der Waals surface area contributed by atoms with Gasteiger partial charge < -0.3 is 14.1 Å². The van der Waals surface area contributed by atoms with Crippen LogP contribution in [-0.4, -0.2) is 51.3 Å². The summed E-state index contributed by atoms with van der Waals surface area (Å²) in [5, 5.41) is 18.1. The van der Waals surface area contributed by atoms with Crippen LogP contribution >= 0.6 is 27.7 Å². The summed E-state index contributed by atoms with van der Waals surface area (Å²) in [4.78, 5) is 2.20. The van der Waals surface area contributed by atoms with Crippen molar-refractivity contribution in [2.75, 3.05) is 31.2 Å². The Kier molecular flexibility index (Phi) is 6.01. The topological polar surface area (TPSA) is 82.1 Å². The molecule has 3 heterocycles. The first-order valence-corrected chi connectivity index (χ1v) is 11.6. The lowest BCUT2D eigenvalue weighted by atomic mass is 10.2. The van der Waals surface area contributed by atoms with Crippen LogP contribution in [0.25, 0.3) is 17.1 Å². The number of para-hydroxylation sites is 1. The van der Waals surface area contributed by atoms with Crippen LogP contribution in [0.3, 0.4) is 0 Å². The molecule has 2 aromatic carbocycles. The molecule has 0 N–H and O–H groups in total. The highest BCUT2D eigenvalue weighted by molar-refractivity contribution is 9.10. The average molecular weight is 499 g/mol. The lowest BCUT2D eigenvalue weighted by molar-refractivity contribution is 0.122. The van der Waals surface area contributed by atoms with Crippen LogP contribution in [-0.2, 0) is 10.5 Å². The van der Waals surface area contributed by atoms with Gasteiger partial charge in [-0.2, -0.15) is 0 Å². The van der Waals surface area contributed by atoms with Gasteiger partial charge in [-0.25, -0.2) is 0 Å². The molecule has 2 aromatic heterocycles. The van der Waals surface area contributed by atoms with Crippen LogP contribution in [0.4, 0.5) is 5.95 Å². The first-order chi connectivity index (χ1) is 15.3. The summed E-state index contributed by atoms with van der Waals surface area (Å²) in [7, 11) is 0. The first kappa shape index (κ1) is 20.2. The van der Waals surface area contributed by atoms with Crippen molar-refractivity contribution in [3.63, 3.8) is 0 Å². The van der Waals surface area contributed by atoms with Crippen LogP contribution in [0.2, 0.25) is 0 Å². The van der Waals surface area contributed by atoms with Crippen molar-refractivity contribution in [3.8, 4) is 17.1 Å². The van der Waals surface area contributed by atoms with Crippen LogP contribution in [0.15, 0.2) is 68.6 Å². The van der Waals surface area contributed by atoms with Gasteiger partial charge in [0, 0.05) is 17.6 Å². The maximum absolute atomic E-state index is 5.88. The van der Waals surface area contributed by atoms with E-state index in [4.69, 9.17) is 9.15 Å². The normalized spacial score (nSPS) is 14.2. The summed E-state index contributed by atoms with van der Waals surface area (Å²) in [6, 6.07) is 17.9. The molecular formula is C21H19BrN6O2S. The summed E-state index contributed by atoms with van der Waals surface area (Å²) >= 11 is 5.04. The van der Waals surface area contributed by atoms with E-state index in [9.17, 15) is 0 Å². The Morgan fingerprint density at radius 1 is 0.903 bits per heavy atom. The number of hydrogen-bond acceptors (Lipinski definition) is 8. The lowest BCUT2D eigenvalue weighted by Gasteiger charge is -2.27. The molecule has 5 rings (SSSR count). The van der Waals surface area contributed by atoms with Gasteiger partial charge in [0.2, 0.25) is 17.7 Å². The van der Waals surface area contributed by atoms with E-state index in [1.54, 1.807) is 0 Å². The number of anilines is 1. The molecule has 158 valence electrons. The van der Waals surface area contributed by atoms with Gasteiger partial charge in [0.1, 0.15) is 0 Å². The first-order valence-electron chi connectivity index (χ1n) is 9.83. The second-order valence-corrected chi connectivity index (χ2v) is 8.62. The molecule has 0 atom stereocenters. The van der Waals surface area contributed by atoms with Crippen molar-refractivity contribution in [1.82, 2.24) is 25.0 Å². The van der Waals surface area contributed by atoms with E-state index in [2.05, 4.69) is 57.9 Å². The molecule has 0 aliphatic carbocycles. The van der Waals surface area contributed by atoms with Gasteiger partial charge in [-0.1, -0.05) is 42.1 Å². The number of aromatic nitrogens is 5. The molecule has 1 aliphatic heterocycles. The molecule has 0 bridgehead atoms. The van der Waals surface area contributed by atoms with Crippen LogP contribution in [0, 0.1) is 0 Å². The molecule has 0 radical (unpaired) electrons. The molecule has 0 unspecified atom stereocenters. The SMILES string of the molecule is Brc1ccccc1-c1nnc(CSc2nnc(N3CCOCC3)n2-c2ccccc2)o1. The van der Waals surface area contributed by atoms with E-state index in [1.807, 2.05) is 42.5 Å². The molecule has 0 spiro atoms. The minimum atomic E-state index is 0.488. The summed E-state index contributed by atoms with van der Waals surface area (Å²) in [6.07, 6.45) is 0. The summed E-state index contributed by atoms with van der Waals surface area (Å²) < 4.78 is 14.4. The van der Waals surface area contributed by atoms with E-state index >= 15 is 0 Å². The van der Waals surface area contributed by atoms with Gasteiger partial charge in [-0.05, 0) is 40.2 Å². The zero-order chi connectivity index (χ0) is 21.0. The number of thioether (sulfide) groups is 1. The van der Waals surface area contributed by atoms with Crippen LogP contribution in [0.5, 0.6) is 0 Å². The van der Waals surface area contributed by atoms with Crippen LogP contribution in [0.1, 0.15) is 5.89 Å². The van der Waals surface area contributed by atoms with Crippen molar-refractivity contribution in [2.45, 2.75) is 10.9 Å². The zero-order valence-corrected chi connectivity index (χ0v) is 18.9. The fourth-order valence-electron chi connectivity index (χ4n) is 3.31. The highest BCUT2D eigenvalue weighted by Crippen LogP contribution is 2.31. The van der Waals surface area contributed by atoms with Gasteiger partial charge >= 0.3 is 0 Å². The third kappa shape index (κ3) is 4.36. The minimum absolute atomic E-state index is 0.488. The number of morpholine rings is 1. The number of ether oxygens (including phenoxy) is 1. The molecule has 4 aromatic rings. The Hall–Kier alpha value is -2.69. The Labute approximate surface area is 191 Å². The Balaban J connectivity index is 1.40. The third-order valence-corrected chi connectivity index (χ3v) is 6.43. The molecule has 31 heavy (non-hydrogen) atoms. The van der Waals surface area contributed by atoms with Gasteiger partial charge in [0.05, 0.1) is 30.2 Å². The molecule has 1 aliphatic rings. The van der Waals surface area contributed by atoms with Gasteiger partial charge in [-0.15, -0.1) is 20.4 Å². The summed E-state index contributed by atoms with van der Waals surface area (Å²) in [6.45, 7) is 2.94. The number of benzene rings is 2. The van der Waals surface area contributed by atoms with E-state index in [-0.39, 0.29) is 0 Å². The lowest BCUT2D eigenvalue weighted by Crippen LogP contribution is -2.37. The molecule has 10 heteroatoms. The number of hydrogen-bond donors (Lipinski definition) is 0. The number of nitrogens with zero attached hydrogens (tertiary/aromatic N) is 6. The van der Waals surface area contributed by atoms with Crippen molar-refractivity contribution in [3.05, 3.63) is 65.0 Å². The zero-order valence-electron chi connectivity index (χ0n) is 16.5. The number of rotatable bonds is 6. The largest absolute Gasteiger partial charge is 0.420 e. The van der Waals surface area contributed by atoms with Crippen molar-refractivity contribution < 1.29 is 9.15 Å². The molecule has 0 amide bonds. The molecule has 0 saturated carbocycles. The predicted octanol–water partition coefficient (Wildman–Crippen LogP) is 4.21. The molecule has 1 saturated heterocycles. The van der Waals surface area contributed by atoms with E-state index in [0.717, 1.165) is 39.9 Å². The average Bonchev–Trinajstić information content (AvgIpc) is 3.46. The fourth-order valence-corrected chi connectivity index (χ4v) is 4.55. The monoisotopic (exact) mass is 498 g/mol. The third-order valence-electron chi connectivity index (χ3n) is 4.82. The highest BCUT2D eigenvalue weighted by atomic mass is 79.9. The Morgan fingerprint density at radius 2 is 1.68 bits per heavy atom. The second kappa shape index (κ2) is 9.21. The highest BCUT2D eigenvalue weighted by Gasteiger charge is 2.22. The summed E-state index contributed by atoms with van der Waals surface area (Å²) in [5.41, 5.74) is 1.88. The number of halogens is 1. The van der Waals surface area contributed by atoms with Crippen molar-refractivity contribution in [2.24, 2.45) is 0 Å². The smallest absolute Gasteiger partial charge is 0.248 e. The molecule has 1 fully saturated rings. The maximum Gasteiger partial charge on any atom is 0.248 e. The quantitative estimate of drug-likeness (QED) is 0.365. The second-order valence-electron chi connectivity index (χ2n) is 6.82. The minimum Gasteiger partial charge on any atom is -0.420 e. The Bertz CT molecular complexity index is 1160. The maximum atomic E-state index is 5.88. The van der Waals surface area contributed by atoms with Crippen LogP contribution < -0.4 is 4.90 Å². The van der Waals surface area contributed by atoms with E-state index < -0.39 is 0 Å².